The molecule has 1 saturated heterocycles. The zero-order valence-corrected chi connectivity index (χ0v) is 13.0. The molecule has 1 rings (SSSR count). The third-order valence-electron chi connectivity index (χ3n) is 3.19. The predicted octanol–water partition coefficient (Wildman–Crippen LogP) is 1.19. The fourth-order valence-electron chi connectivity index (χ4n) is 2.24. The molecule has 20 heavy (non-hydrogen) atoms. The van der Waals surface area contributed by atoms with Gasteiger partial charge in [-0.2, -0.15) is 0 Å². The monoisotopic (exact) mass is 285 g/mol. The first-order valence-corrected chi connectivity index (χ1v) is 7.26. The number of carbonyl (C=O) groups excluding carboxylic acids is 2. The van der Waals surface area contributed by atoms with Crippen molar-refractivity contribution in [3.63, 3.8) is 0 Å². The van der Waals surface area contributed by atoms with Gasteiger partial charge in [0.1, 0.15) is 5.60 Å². The van der Waals surface area contributed by atoms with Crippen molar-refractivity contribution in [2.24, 2.45) is 5.73 Å². The van der Waals surface area contributed by atoms with Crippen LogP contribution in [0, 0.1) is 0 Å². The number of amides is 2. The highest BCUT2D eigenvalue weighted by Crippen LogP contribution is 2.15. The van der Waals surface area contributed by atoms with Gasteiger partial charge in [-0.05, 0) is 27.2 Å². The second-order valence-electron chi connectivity index (χ2n) is 6.15. The summed E-state index contributed by atoms with van der Waals surface area (Å²) in [7, 11) is 0. The highest BCUT2D eigenvalue weighted by Gasteiger charge is 2.33. The first-order chi connectivity index (χ1) is 9.28. The summed E-state index contributed by atoms with van der Waals surface area (Å²) in [5, 5.41) is 0. The van der Waals surface area contributed by atoms with Gasteiger partial charge in [-0.25, -0.2) is 4.79 Å². The van der Waals surface area contributed by atoms with Crippen LogP contribution in [0.1, 0.15) is 40.5 Å². The van der Waals surface area contributed by atoms with E-state index in [4.69, 9.17) is 10.5 Å². The maximum Gasteiger partial charge on any atom is 0.410 e. The Labute approximate surface area is 121 Å². The topological polar surface area (TPSA) is 75.9 Å². The van der Waals surface area contributed by atoms with Crippen molar-refractivity contribution in [2.45, 2.75) is 52.2 Å². The Kier molecular flexibility index (Phi) is 5.80. The summed E-state index contributed by atoms with van der Waals surface area (Å²) in [6.45, 7) is 9.33. The molecule has 0 bridgehead atoms. The lowest BCUT2D eigenvalue weighted by molar-refractivity contribution is -0.135. The van der Waals surface area contributed by atoms with Gasteiger partial charge in [0.15, 0.2) is 0 Å². The molecule has 0 aliphatic carbocycles. The molecule has 1 fully saturated rings. The van der Waals surface area contributed by atoms with E-state index >= 15 is 0 Å². The van der Waals surface area contributed by atoms with Crippen LogP contribution in [-0.2, 0) is 9.53 Å². The summed E-state index contributed by atoms with van der Waals surface area (Å²) >= 11 is 0. The average Bonchev–Trinajstić information content (AvgIpc) is 2.36. The minimum absolute atomic E-state index is 0.115. The smallest absolute Gasteiger partial charge is 0.410 e. The van der Waals surface area contributed by atoms with Crippen molar-refractivity contribution < 1.29 is 14.3 Å². The van der Waals surface area contributed by atoms with E-state index in [-0.39, 0.29) is 18.0 Å². The summed E-state index contributed by atoms with van der Waals surface area (Å²) in [5.41, 5.74) is 5.24. The second-order valence-corrected chi connectivity index (χ2v) is 6.15. The molecule has 6 nitrogen and oxygen atoms in total. The van der Waals surface area contributed by atoms with Crippen LogP contribution in [0.4, 0.5) is 4.79 Å². The highest BCUT2D eigenvalue weighted by molar-refractivity contribution is 5.77. The van der Waals surface area contributed by atoms with Gasteiger partial charge >= 0.3 is 6.09 Å². The number of ether oxygens (including phenoxy) is 1. The molecule has 0 spiro atoms. The summed E-state index contributed by atoms with van der Waals surface area (Å²) in [6.07, 6.45) is 1.02. The van der Waals surface area contributed by atoms with Gasteiger partial charge in [-0.1, -0.05) is 6.92 Å². The Morgan fingerprint density at radius 1 is 1.30 bits per heavy atom. The molecule has 1 unspecified atom stereocenters. The predicted molar refractivity (Wildman–Crippen MR) is 77.3 cm³/mol. The van der Waals surface area contributed by atoms with Crippen LogP contribution in [0.5, 0.6) is 0 Å². The number of hydrogen-bond donors (Lipinski definition) is 1. The quantitative estimate of drug-likeness (QED) is 0.845. The van der Waals surface area contributed by atoms with Crippen LogP contribution in [-0.4, -0.2) is 59.6 Å². The van der Waals surface area contributed by atoms with Gasteiger partial charge in [-0.15, -0.1) is 0 Å². The van der Waals surface area contributed by atoms with Gasteiger partial charge in [-0.3, -0.25) is 4.79 Å². The zero-order valence-electron chi connectivity index (χ0n) is 13.0. The molecule has 1 aliphatic rings. The van der Waals surface area contributed by atoms with Crippen molar-refractivity contribution in [3.8, 4) is 0 Å². The van der Waals surface area contributed by atoms with E-state index in [1.165, 1.54) is 0 Å². The van der Waals surface area contributed by atoms with Crippen LogP contribution < -0.4 is 5.73 Å². The standard InChI is InChI=1S/C14H27N3O3/c1-5-6-12(18)17-8-7-16(10-11(17)9-15)13(19)20-14(2,3)4/h11H,5-10,15H2,1-4H3. The first-order valence-electron chi connectivity index (χ1n) is 7.26. The Balaban J connectivity index is 2.63. The van der Waals surface area contributed by atoms with E-state index in [0.717, 1.165) is 6.42 Å². The molecule has 2 N–H and O–H groups in total. The van der Waals surface area contributed by atoms with Gasteiger partial charge in [0, 0.05) is 32.6 Å². The molecular weight excluding hydrogens is 258 g/mol. The molecular formula is C14H27N3O3. The molecule has 0 aromatic heterocycles. The fraction of sp³-hybridized carbons (Fsp3) is 0.857. The van der Waals surface area contributed by atoms with Crippen LogP contribution in [0.25, 0.3) is 0 Å². The molecule has 0 aromatic carbocycles. The van der Waals surface area contributed by atoms with Gasteiger partial charge in [0.2, 0.25) is 5.91 Å². The normalized spacial score (nSPS) is 19.9. The van der Waals surface area contributed by atoms with Crippen molar-refractivity contribution in [1.29, 1.82) is 0 Å². The van der Waals surface area contributed by atoms with E-state index in [2.05, 4.69) is 0 Å². The lowest BCUT2D eigenvalue weighted by atomic mass is 10.1. The molecule has 0 aromatic rings. The van der Waals surface area contributed by atoms with Crippen LogP contribution in [0.2, 0.25) is 0 Å². The lowest BCUT2D eigenvalue weighted by Gasteiger charge is -2.41. The Morgan fingerprint density at radius 2 is 1.95 bits per heavy atom. The zero-order chi connectivity index (χ0) is 15.3. The average molecular weight is 285 g/mol. The second kappa shape index (κ2) is 6.92. The Morgan fingerprint density at radius 3 is 2.45 bits per heavy atom. The summed E-state index contributed by atoms with van der Waals surface area (Å²) < 4.78 is 5.36. The van der Waals surface area contributed by atoms with Gasteiger partial charge in [0.25, 0.3) is 0 Å². The van der Waals surface area contributed by atoms with Crippen LogP contribution in [0.15, 0.2) is 0 Å². The van der Waals surface area contributed by atoms with Gasteiger partial charge in [0.05, 0.1) is 6.04 Å². The molecule has 2 amide bonds. The molecule has 116 valence electrons. The molecule has 0 radical (unpaired) electrons. The third-order valence-corrected chi connectivity index (χ3v) is 3.19. The minimum atomic E-state index is -0.509. The highest BCUT2D eigenvalue weighted by atomic mass is 16.6. The molecule has 1 atom stereocenters. The van der Waals surface area contributed by atoms with E-state index in [0.29, 0.717) is 32.6 Å². The summed E-state index contributed by atoms with van der Waals surface area (Å²) in [6, 6.07) is -0.115. The fourth-order valence-corrected chi connectivity index (χ4v) is 2.24. The molecule has 1 aliphatic heterocycles. The maximum atomic E-state index is 12.0. The molecule has 0 saturated carbocycles. The Bertz CT molecular complexity index is 352. The van der Waals surface area contributed by atoms with Crippen LogP contribution >= 0.6 is 0 Å². The maximum absolute atomic E-state index is 12.0. The van der Waals surface area contributed by atoms with Crippen molar-refractivity contribution >= 4 is 12.0 Å². The number of nitrogens with two attached hydrogens (primary N) is 1. The largest absolute Gasteiger partial charge is 0.444 e. The van der Waals surface area contributed by atoms with Crippen molar-refractivity contribution in [2.75, 3.05) is 26.2 Å². The Hall–Kier alpha value is -1.30. The van der Waals surface area contributed by atoms with E-state index in [1.54, 1.807) is 9.80 Å². The van der Waals surface area contributed by atoms with E-state index in [9.17, 15) is 9.59 Å². The first kappa shape index (κ1) is 16.8. The summed E-state index contributed by atoms with van der Waals surface area (Å²) in [5.74, 6) is 0.117. The van der Waals surface area contributed by atoms with Crippen molar-refractivity contribution in [1.82, 2.24) is 9.80 Å². The minimum Gasteiger partial charge on any atom is -0.444 e. The number of carbonyl (C=O) groups is 2. The van der Waals surface area contributed by atoms with Crippen LogP contribution in [0.3, 0.4) is 0 Å². The SMILES string of the molecule is CCCC(=O)N1CCN(C(=O)OC(C)(C)C)CC1CN. The summed E-state index contributed by atoms with van der Waals surface area (Å²) in [4.78, 5) is 27.5. The molecule has 1 heterocycles. The number of nitrogens with zero attached hydrogens (tertiary/aromatic N) is 2. The van der Waals surface area contributed by atoms with E-state index in [1.807, 2.05) is 27.7 Å². The van der Waals surface area contributed by atoms with Gasteiger partial charge < -0.3 is 20.3 Å². The number of piperazine rings is 1. The van der Waals surface area contributed by atoms with E-state index < -0.39 is 5.60 Å². The lowest BCUT2D eigenvalue weighted by Crippen LogP contribution is -2.59. The molecule has 6 heteroatoms. The number of hydrogen-bond acceptors (Lipinski definition) is 4. The van der Waals surface area contributed by atoms with Crippen molar-refractivity contribution in [3.05, 3.63) is 0 Å². The third kappa shape index (κ3) is 4.67. The number of rotatable bonds is 3.